The molecule has 0 aliphatic rings. The molecule has 0 radical (unpaired) electrons. The maximum absolute atomic E-state index is 13.2. The van der Waals surface area contributed by atoms with E-state index in [2.05, 4.69) is 0 Å². The molecule has 1 unspecified atom stereocenters. The van der Waals surface area contributed by atoms with E-state index >= 15 is 0 Å². The van der Waals surface area contributed by atoms with Gasteiger partial charge in [0.15, 0.2) is 11.6 Å². The fraction of sp³-hybridized carbons (Fsp3) is 0.533. The van der Waals surface area contributed by atoms with Crippen molar-refractivity contribution in [1.82, 2.24) is 4.90 Å². The van der Waals surface area contributed by atoms with Crippen LogP contribution in [0.3, 0.4) is 0 Å². The fourth-order valence-electron chi connectivity index (χ4n) is 2.06. The Bertz CT molecular complexity index is 477. The third-order valence-corrected chi connectivity index (χ3v) is 3.40. The largest absolute Gasteiger partial charge is 0.338 e. The van der Waals surface area contributed by atoms with E-state index in [0.717, 1.165) is 12.1 Å². The number of hydrogen-bond donors (Lipinski definition) is 1. The second kappa shape index (κ2) is 6.79. The van der Waals surface area contributed by atoms with Crippen molar-refractivity contribution in [1.29, 1.82) is 0 Å². The van der Waals surface area contributed by atoms with Crippen molar-refractivity contribution in [2.45, 2.75) is 39.3 Å². The maximum Gasteiger partial charge on any atom is 0.239 e. The van der Waals surface area contributed by atoms with E-state index in [4.69, 9.17) is 5.73 Å². The van der Waals surface area contributed by atoms with Crippen LogP contribution in [0.2, 0.25) is 0 Å². The summed E-state index contributed by atoms with van der Waals surface area (Å²) in [7, 11) is 1.62. The van der Waals surface area contributed by atoms with Gasteiger partial charge in [-0.05, 0) is 37.0 Å². The van der Waals surface area contributed by atoms with Crippen LogP contribution in [0.25, 0.3) is 0 Å². The molecule has 1 aromatic carbocycles. The third kappa shape index (κ3) is 4.00. The first-order valence-corrected chi connectivity index (χ1v) is 6.71. The number of halogens is 2. The summed E-state index contributed by atoms with van der Waals surface area (Å²) in [6.07, 6.45) is 0.591. The second-order valence-corrected chi connectivity index (χ2v) is 5.53. The lowest BCUT2D eigenvalue weighted by atomic mass is 10.0. The van der Waals surface area contributed by atoms with E-state index in [9.17, 15) is 13.6 Å². The minimum atomic E-state index is -0.915. The maximum atomic E-state index is 13.2. The topological polar surface area (TPSA) is 46.3 Å². The molecule has 1 rings (SSSR count). The quantitative estimate of drug-likeness (QED) is 0.903. The Morgan fingerprint density at radius 2 is 1.85 bits per heavy atom. The second-order valence-electron chi connectivity index (χ2n) is 5.53. The molecule has 2 N–H and O–H groups in total. The Hall–Kier alpha value is -1.49. The number of nitrogens with zero attached hydrogens (tertiary/aromatic N) is 1. The monoisotopic (exact) mass is 284 g/mol. The van der Waals surface area contributed by atoms with Gasteiger partial charge in [-0.2, -0.15) is 0 Å². The highest BCUT2D eigenvalue weighted by atomic mass is 19.2. The number of rotatable bonds is 5. The van der Waals surface area contributed by atoms with Gasteiger partial charge in [0.05, 0.1) is 12.1 Å². The van der Waals surface area contributed by atoms with Gasteiger partial charge in [-0.3, -0.25) is 4.79 Å². The zero-order valence-electron chi connectivity index (χ0n) is 12.4. The van der Waals surface area contributed by atoms with Crippen molar-refractivity contribution in [2.75, 3.05) is 7.05 Å². The minimum absolute atomic E-state index is 0.198. The van der Waals surface area contributed by atoms with Crippen molar-refractivity contribution in [3.8, 4) is 0 Å². The number of hydrogen-bond acceptors (Lipinski definition) is 2. The lowest BCUT2D eigenvalue weighted by Gasteiger charge is -2.28. The van der Waals surface area contributed by atoms with Crippen LogP contribution >= 0.6 is 0 Å². The molecule has 0 heterocycles. The zero-order chi connectivity index (χ0) is 15.4. The van der Waals surface area contributed by atoms with Gasteiger partial charge < -0.3 is 10.6 Å². The van der Waals surface area contributed by atoms with Crippen molar-refractivity contribution in [2.24, 2.45) is 11.7 Å². The van der Waals surface area contributed by atoms with Crippen LogP contribution in [-0.2, 0) is 4.79 Å². The van der Waals surface area contributed by atoms with Gasteiger partial charge in [-0.1, -0.05) is 19.9 Å². The Morgan fingerprint density at radius 3 is 2.35 bits per heavy atom. The van der Waals surface area contributed by atoms with Gasteiger partial charge in [0.2, 0.25) is 5.91 Å². The average molecular weight is 284 g/mol. The molecular formula is C15H22F2N2O. The predicted octanol–water partition coefficient (Wildman–Crippen LogP) is 2.86. The molecule has 0 spiro atoms. The van der Waals surface area contributed by atoms with E-state index in [1.54, 1.807) is 14.0 Å². The first kappa shape index (κ1) is 16.6. The molecule has 0 aliphatic carbocycles. The van der Waals surface area contributed by atoms with Crippen LogP contribution in [0.5, 0.6) is 0 Å². The van der Waals surface area contributed by atoms with Crippen molar-refractivity contribution >= 4 is 5.91 Å². The summed E-state index contributed by atoms with van der Waals surface area (Å²) in [6, 6.07) is 2.70. The van der Waals surface area contributed by atoms with Gasteiger partial charge in [0, 0.05) is 7.05 Å². The Labute approximate surface area is 118 Å². The molecule has 1 amide bonds. The summed E-state index contributed by atoms with van der Waals surface area (Å²) in [4.78, 5) is 13.7. The molecule has 0 saturated carbocycles. The van der Waals surface area contributed by atoms with E-state index in [-0.39, 0.29) is 11.9 Å². The zero-order valence-corrected chi connectivity index (χ0v) is 12.4. The van der Waals surface area contributed by atoms with Crippen molar-refractivity contribution < 1.29 is 13.6 Å². The molecule has 0 saturated heterocycles. The fourth-order valence-corrected chi connectivity index (χ4v) is 2.06. The van der Waals surface area contributed by atoms with Gasteiger partial charge in [0.1, 0.15) is 0 Å². The third-order valence-electron chi connectivity index (χ3n) is 3.40. The number of nitrogens with two attached hydrogens (primary N) is 1. The van der Waals surface area contributed by atoms with Crippen molar-refractivity contribution in [3.63, 3.8) is 0 Å². The average Bonchev–Trinajstić information content (AvgIpc) is 2.38. The van der Waals surface area contributed by atoms with Crippen LogP contribution < -0.4 is 5.73 Å². The molecular weight excluding hydrogens is 262 g/mol. The predicted molar refractivity (Wildman–Crippen MR) is 75.0 cm³/mol. The molecule has 3 nitrogen and oxygen atoms in total. The van der Waals surface area contributed by atoms with Gasteiger partial charge in [0.25, 0.3) is 0 Å². The Balaban J connectivity index is 2.82. The first-order valence-electron chi connectivity index (χ1n) is 6.71. The molecule has 0 aromatic heterocycles. The van der Waals surface area contributed by atoms with E-state index in [1.165, 1.54) is 11.0 Å². The number of benzene rings is 1. The highest BCUT2D eigenvalue weighted by Gasteiger charge is 2.24. The molecule has 0 bridgehead atoms. The SMILES string of the molecule is CC(C)C[C@@H](N)C(=O)N(C)C(C)c1ccc(F)c(F)c1. The molecule has 20 heavy (non-hydrogen) atoms. The Morgan fingerprint density at radius 1 is 1.25 bits per heavy atom. The van der Waals surface area contributed by atoms with Gasteiger partial charge in [-0.25, -0.2) is 8.78 Å². The van der Waals surface area contributed by atoms with E-state index < -0.39 is 17.7 Å². The number of likely N-dealkylation sites (N-methyl/N-ethyl adjacent to an activating group) is 1. The summed E-state index contributed by atoms with van der Waals surface area (Å²) in [6.45, 7) is 5.74. The molecule has 0 fully saturated rings. The minimum Gasteiger partial charge on any atom is -0.338 e. The number of carbonyl (C=O) groups excluding carboxylic acids is 1. The summed E-state index contributed by atoms with van der Waals surface area (Å²) in [5.41, 5.74) is 6.40. The highest BCUT2D eigenvalue weighted by molar-refractivity contribution is 5.81. The molecule has 112 valence electrons. The lowest BCUT2D eigenvalue weighted by Crippen LogP contribution is -2.43. The van der Waals surface area contributed by atoms with Crippen molar-refractivity contribution in [3.05, 3.63) is 35.4 Å². The van der Waals surface area contributed by atoms with E-state index in [1.807, 2.05) is 13.8 Å². The summed E-state index contributed by atoms with van der Waals surface area (Å²) >= 11 is 0. The molecule has 2 atom stereocenters. The Kier molecular flexibility index (Phi) is 5.62. The van der Waals surface area contributed by atoms with Crippen LogP contribution in [0, 0.1) is 17.6 Å². The summed E-state index contributed by atoms with van der Waals surface area (Å²) in [5.74, 6) is -1.69. The van der Waals surface area contributed by atoms with E-state index in [0.29, 0.717) is 17.9 Å². The number of amides is 1. The van der Waals surface area contributed by atoms with Gasteiger partial charge in [-0.15, -0.1) is 0 Å². The summed E-state index contributed by atoms with van der Waals surface area (Å²) in [5, 5.41) is 0. The highest BCUT2D eigenvalue weighted by Crippen LogP contribution is 2.22. The molecule has 1 aromatic rings. The molecule has 5 heteroatoms. The lowest BCUT2D eigenvalue weighted by molar-refractivity contribution is -0.133. The van der Waals surface area contributed by atoms with Crippen LogP contribution in [0.1, 0.15) is 38.8 Å². The first-order chi connectivity index (χ1) is 9.23. The van der Waals surface area contributed by atoms with Crippen LogP contribution in [0.4, 0.5) is 8.78 Å². The normalized spacial score (nSPS) is 14.2. The molecule has 0 aliphatic heterocycles. The van der Waals surface area contributed by atoms with Crippen LogP contribution in [0.15, 0.2) is 18.2 Å². The standard InChI is InChI=1S/C15H22F2N2O/c1-9(2)7-14(18)15(20)19(4)10(3)11-5-6-12(16)13(17)8-11/h5-6,8-10,14H,7,18H2,1-4H3/t10?,14-/m1/s1. The van der Waals surface area contributed by atoms with Gasteiger partial charge >= 0.3 is 0 Å². The van der Waals surface area contributed by atoms with Crippen LogP contribution in [-0.4, -0.2) is 23.9 Å². The summed E-state index contributed by atoms with van der Waals surface area (Å²) < 4.78 is 26.1. The smallest absolute Gasteiger partial charge is 0.239 e. The number of carbonyl (C=O) groups is 1.